The molecule has 4 heteroatoms. The Kier molecular flexibility index (Phi) is 6.65. The molecule has 13 rings (SSSR count). The molecule has 0 fully saturated rings. The van der Waals surface area contributed by atoms with Crippen LogP contribution in [-0.4, -0.2) is 22.6 Å². The molecule has 0 atom stereocenters. The molecule has 0 N–H and O–H groups in total. The van der Waals surface area contributed by atoms with Gasteiger partial charge in [0, 0.05) is 44.0 Å². The molecule has 2 aliphatic heterocycles. The van der Waals surface area contributed by atoms with Crippen LogP contribution in [0.3, 0.4) is 0 Å². The summed E-state index contributed by atoms with van der Waals surface area (Å²) in [5, 5.41) is 5.19. The molecule has 11 aromatic rings. The SMILES string of the molecule is c1ccc(-c2ccccc2B2c3ccccc3-n3c4ccc5c6cccc7c6n(c5c4c4cccc2c43)-c2ccccc2B7c2ccccc2-c2ccccc2)cc1. The highest BCUT2D eigenvalue weighted by Crippen LogP contribution is 2.43. The summed E-state index contributed by atoms with van der Waals surface area (Å²) in [4.78, 5) is 0. The molecule has 0 unspecified atom stereocenters. The van der Waals surface area contributed by atoms with E-state index in [0.29, 0.717) is 0 Å². The highest BCUT2D eigenvalue weighted by atomic mass is 15.0. The van der Waals surface area contributed by atoms with E-state index in [9.17, 15) is 0 Å². The second kappa shape index (κ2) is 12.1. The van der Waals surface area contributed by atoms with Gasteiger partial charge in [0.15, 0.2) is 0 Å². The average molecular weight is 733 g/mol. The molecule has 266 valence electrons. The Morgan fingerprint density at radius 1 is 0.276 bits per heavy atom. The van der Waals surface area contributed by atoms with E-state index in [-0.39, 0.29) is 13.4 Å². The monoisotopic (exact) mass is 732 g/mol. The number of para-hydroxylation sites is 4. The third kappa shape index (κ3) is 4.24. The normalized spacial score (nSPS) is 12.8. The first-order valence-electron chi connectivity index (χ1n) is 20.4. The van der Waals surface area contributed by atoms with E-state index in [2.05, 4.69) is 215 Å². The Morgan fingerprint density at radius 3 is 1.29 bits per heavy atom. The molecular weight excluding hydrogens is 698 g/mol. The Morgan fingerprint density at radius 2 is 0.707 bits per heavy atom. The number of fused-ring (bicyclic) bond motifs is 11. The van der Waals surface area contributed by atoms with E-state index in [4.69, 9.17) is 0 Å². The zero-order valence-electron chi connectivity index (χ0n) is 31.7. The molecule has 2 nitrogen and oxygen atoms in total. The predicted octanol–water partition coefficient (Wildman–Crippen LogP) is 8.87. The molecule has 58 heavy (non-hydrogen) atoms. The molecular formula is C54H34B2N2. The van der Waals surface area contributed by atoms with Crippen molar-refractivity contribution in [1.82, 2.24) is 9.13 Å². The number of hydrogen-bond acceptors (Lipinski definition) is 0. The fraction of sp³-hybridized carbons (Fsp3) is 0. The molecule has 2 aliphatic rings. The fourth-order valence-corrected chi connectivity index (χ4v) is 10.8. The van der Waals surface area contributed by atoms with Gasteiger partial charge < -0.3 is 9.13 Å². The maximum atomic E-state index is 2.61. The number of aromatic nitrogens is 2. The van der Waals surface area contributed by atoms with Crippen molar-refractivity contribution in [2.24, 2.45) is 0 Å². The summed E-state index contributed by atoms with van der Waals surface area (Å²) in [5.74, 6) is 0. The maximum Gasteiger partial charge on any atom is 0.247 e. The molecule has 0 spiro atoms. The minimum atomic E-state index is 0.0751. The number of rotatable bonds is 4. The van der Waals surface area contributed by atoms with Crippen molar-refractivity contribution in [3.63, 3.8) is 0 Å². The molecule has 0 saturated heterocycles. The summed E-state index contributed by atoms with van der Waals surface area (Å²) < 4.78 is 5.18. The summed E-state index contributed by atoms with van der Waals surface area (Å²) in [6.07, 6.45) is 0. The summed E-state index contributed by atoms with van der Waals surface area (Å²) >= 11 is 0. The van der Waals surface area contributed by atoms with E-state index in [1.165, 1.54) is 110 Å². The lowest BCUT2D eigenvalue weighted by molar-refractivity contribution is 1.18. The average Bonchev–Trinajstić information content (AvgIpc) is 3.82. The van der Waals surface area contributed by atoms with Crippen LogP contribution >= 0.6 is 0 Å². The lowest BCUT2D eigenvalue weighted by Gasteiger charge is -2.28. The molecule has 0 bridgehead atoms. The van der Waals surface area contributed by atoms with Gasteiger partial charge in [-0.3, -0.25) is 0 Å². The molecule has 9 aromatic carbocycles. The van der Waals surface area contributed by atoms with Gasteiger partial charge in [0.2, 0.25) is 13.4 Å². The molecule has 0 aliphatic carbocycles. The van der Waals surface area contributed by atoms with Crippen molar-refractivity contribution in [3.05, 3.63) is 206 Å². The van der Waals surface area contributed by atoms with Crippen molar-refractivity contribution < 1.29 is 0 Å². The zero-order chi connectivity index (χ0) is 37.9. The fourth-order valence-electron chi connectivity index (χ4n) is 10.8. The Bertz CT molecular complexity index is 3470. The lowest BCUT2D eigenvalue weighted by Crippen LogP contribution is -2.56. The zero-order valence-corrected chi connectivity index (χ0v) is 31.7. The van der Waals surface area contributed by atoms with Gasteiger partial charge in [-0.2, -0.15) is 0 Å². The van der Waals surface area contributed by atoms with Crippen LogP contribution in [-0.2, 0) is 0 Å². The largest absolute Gasteiger partial charge is 0.310 e. The Balaban J connectivity index is 1.14. The van der Waals surface area contributed by atoms with Crippen LogP contribution in [0.15, 0.2) is 206 Å². The summed E-state index contributed by atoms with van der Waals surface area (Å²) in [6, 6.07) is 76.8. The molecule has 2 aromatic heterocycles. The van der Waals surface area contributed by atoms with Crippen LogP contribution in [0.1, 0.15) is 0 Å². The first-order valence-corrected chi connectivity index (χ1v) is 20.4. The van der Waals surface area contributed by atoms with Gasteiger partial charge in [-0.15, -0.1) is 0 Å². The van der Waals surface area contributed by atoms with E-state index < -0.39 is 0 Å². The van der Waals surface area contributed by atoms with Crippen LogP contribution < -0.4 is 32.8 Å². The van der Waals surface area contributed by atoms with E-state index in [0.717, 1.165) is 0 Å². The second-order valence-electron chi connectivity index (χ2n) is 15.9. The van der Waals surface area contributed by atoms with Gasteiger partial charge in [0.05, 0.1) is 11.0 Å². The molecule has 0 saturated carbocycles. The Hall–Kier alpha value is -7.29. The minimum Gasteiger partial charge on any atom is -0.310 e. The molecule has 0 radical (unpaired) electrons. The predicted molar refractivity (Wildman–Crippen MR) is 248 cm³/mol. The number of benzene rings is 9. The van der Waals surface area contributed by atoms with Crippen LogP contribution in [0.5, 0.6) is 0 Å². The van der Waals surface area contributed by atoms with Crippen LogP contribution in [0, 0.1) is 0 Å². The van der Waals surface area contributed by atoms with Crippen LogP contribution in [0.2, 0.25) is 0 Å². The third-order valence-electron chi connectivity index (χ3n) is 13.1. The van der Waals surface area contributed by atoms with Gasteiger partial charge in [-0.1, -0.05) is 199 Å². The van der Waals surface area contributed by atoms with Crippen LogP contribution in [0.25, 0.3) is 77.2 Å². The maximum absolute atomic E-state index is 2.61. The number of nitrogens with zero attached hydrogens (tertiary/aromatic N) is 2. The van der Waals surface area contributed by atoms with E-state index >= 15 is 0 Å². The van der Waals surface area contributed by atoms with Crippen molar-refractivity contribution in [2.75, 3.05) is 0 Å². The van der Waals surface area contributed by atoms with E-state index in [1.54, 1.807) is 0 Å². The molecule has 0 amide bonds. The molecule has 4 heterocycles. The van der Waals surface area contributed by atoms with Gasteiger partial charge in [-0.25, -0.2) is 0 Å². The van der Waals surface area contributed by atoms with Gasteiger partial charge in [-0.05, 0) is 62.3 Å². The van der Waals surface area contributed by atoms with Crippen LogP contribution in [0.4, 0.5) is 0 Å². The van der Waals surface area contributed by atoms with E-state index in [1.807, 2.05) is 0 Å². The highest BCUT2D eigenvalue weighted by molar-refractivity contribution is 6.99. The first kappa shape index (κ1) is 31.9. The van der Waals surface area contributed by atoms with Gasteiger partial charge in [0.25, 0.3) is 0 Å². The summed E-state index contributed by atoms with van der Waals surface area (Å²) in [7, 11) is 0. The Labute approximate surface area is 337 Å². The van der Waals surface area contributed by atoms with Crippen molar-refractivity contribution in [3.8, 4) is 33.6 Å². The topological polar surface area (TPSA) is 9.86 Å². The standard InChI is InChI=1S/C54H34B2N2/c1-3-17-35(18-4-1)37-21-7-9-25-42(37)55-44-27-11-13-31-48(44)57-50-34-33-40-39-23-15-29-46-52(39)58(54(40)51(50)41-24-16-30-47(55)53(41)57)49-32-14-12-28-45(49)56(46)43-26-10-8-22-38(43)36-19-5-2-6-20-36/h1-34H. The quantitative estimate of drug-likeness (QED) is 0.160. The number of hydrogen-bond donors (Lipinski definition) is 0. The summed E-state index contributed by atoms with van der Waals surface area (Å²) in [5.41, 5.74) is 20.7. The lowest BCUT2D eigenvalue weighted by atomic mass is 9.34. The van der Waals surface area contributed by atoms with Crippen molar-refractivity contribution in [1.29, 1.82) is 0 Å². The minimum absolute atomic E-state index is 0.0751. The van der Waals surface area contributed by atoms with Gasteiger partial charge >= 0.3 is 0 Å². The summed E-state index contributed by atoms with van der Waals surface area (Å²) in [6.45, 7) is 0.155. The third-order valence-corrected chi connectivity index (χ3v) is 13.1. The second-order valence-corrected chi connectivity index (χ2v) is 15.9. The smallest absolute Gasteiger partial charge is 0.247 e. The van der Waals surface area contributed by atoms with Crippen molar-refractivity contribution >= 4 is 89.8 Å². The van der Waals surface area contributed by atoms with Gasteiger partial charge in [0.1, 0.15) is 0 Å². The highest BCUT2D eigenvalue weighted by Gasteiger charge is 2.38. The first-order chi connectivity index (χ1) is 28.8. The van der Waals surface area contributed by atoms with Crippen molar-refractivity contribution in [2.45, 2.75) is 0 Å².